The summed E-state index contributed by atoms with van der Waals surface area (Å²) in [5.74, 6) is 0.105. The van der Waals surface area contributed by atoms with E-state index in [-0.39, 0.29) is 11.5 Å². The predicted octanol–water partition coefficient (Wildman–Crippen LogP) is 2.48. The fourth-order valence-corrected chi connectivity index (χ4v) is 1.94. The first-order valence-corrected chi connectivity index (χ1v) is 5.57. The van der Waals surface area contributed by atoms with Gasteiger partial charge >= 0.3 is 0 Å². The zero-order valence-electron chi connectivity index (χ0n) is 10.1. The summed E-state index contributed by atoms with van der Waals surface area (Å²) in [6, 6.07) is 4.86. The monoisotopic (exact) mass is 242 g/mol. The molecule has 0 aliphatic carbocycles. The van der Waals surface area contributed by atoms with E-state index < -0.39 is 0 Å². The quantitative estimate of drug-likeness (QED) is 0.658. The maximum absolute atomic E-state index is 13.7. The maximum atomic E-state index is 13.7. The number of hydrogen-bond donors (Lipinski definition) is 0. The number of aromatic nitrogens is 4. The molecule has 0 spiro atoms. The van der Waals surface area contributed by atoms with Crippen molar-refractivity contribution in [3.05, 3.63) is 42.0 Å². The first-order chi connectivity index (χ1) is 8.66. The minimum absolute atomic E-state index is 0.246. The molecule has 3 aromatic rings. The molecule has 90 valence electrons. The van der Waals surface area contributed by atoms with Crippen LogP contribution < -0.4 is 0 Å². The van der Waals surface area contributed by atoms with Gasteiger partial charge in [-0.15, -0.1) is 0 Å². The smallest absolute Gasteiger partial charge is 0.163 e. The number of pyridine rings is 2. The van der Waals surface area contributed by atoms with E-state index in [1.54, 1.807) is 30.1 Å². The van der Waals surface area contributed by atoms with E-state index in [0.717, 1.165) is 16.7 Å². The van der Waals surface area contributed by atoms with E-state index in [1.807, 2.05) is 13.0 Å². The highest BCUT2D eigenvalue weighted by Gasteiger charge is 2.15. The Morgan fingerprint density at radius 1 is 1.28 bits per heavy atom. The van der Waals surface area contributed by atoms with Crippen molar-refractivity contribution >= 4 is 11.2 Å². The second kappa shape index (κ2) is 3.87. The average Bonchev–Trinajstić information content (AvgIpc) is 2.67. The van der Waals surface area contributed by atoms with E-state index >= 15 is 0 Å². The van der Waals surface area contributed by atoms with Crippen LogP contribution in [0.15, 0.2) is 30.6 Å². The molecular formula is C13H11FN4. The molecule has 0 atom stereocenters. The fraction of sp³-hybridized carbons (Fsp3) is 0.154. The SMILES string of the molecule is Cc1cnc2c(c1)nc(-c1ncccc1F)n2C. The number of rotatable bonds is 1. The molecule has 0 radical (unpaired) electrons. The molecule has 0 unspecified atom stereocenters. The van der Waals surface area contributed by atoms with E-state index in [1.165, 1.54) is 6.07 Å². The molecule has 0 saturated carbocycles. The highest BCUT2D eigenvalue weighted by atomic mass is 19.1. The normalized spacial score (nSPS) is 11.1. The van der Waals surface area contributed by atoms with E-state index in [2.05, 4.69) is 15.0 Å². The molecule has 0 saturated heterocycles. The summed E-state index contributed by atoms with van der Waals surface area (Å²) in [4.78, 5) is 12.7. The molecule has 3 aromatic heterocycles. The van der Waals surface area contributed by atoms with Gasteiger partial charge in [-0.2, -0.15) is 0 Å². The third kappa shape index (κ3) is 1.55. The number of imidazole rings is 1. The minimum atomic E-state index is -0.382. The molecule has 0 aliphatic rings. The topological polar surface area (TPSA) is 43.6 Å². The third-order valence-corrected chi connectivity index (χ3v) is 2.82. The molecule has 3 rings (SSSR count). The molecule has 0 fully saturated rings. The van der Waals surface area contributed by atoms with Crippen molar-refractivity contribution in [3.63, 3.8) is 0 Å². The summed E-state index contributed by atoms with van der Waals surface area (Å²) in [6.45, 7) is 1.95. The van der Waals surface area contributed by atoms with Crippen LogP contribution in [0.25, 0.3) is 22.7 Å². The van der Waals surface area contributed by atoms with Crippen LogP contribution in [0.2, 0.25) is 0 Å². The van der Waals surface area contributed by atoms with Gasteiger partial charge in [-0.1, -0.05) is 0 Å². The zero-order chi connectivity index (χ0) is 12.7. The van der Waals surface area contributed by atoms with Crippen molar-refractivity contribution in [2.24, 2.45) is 7.05 Å². The van der Waals surface area contributed by atoms with Crippen LogP contribution in [0.3, 0.4) is 0 Å². The summed E-state index contributed by atoms with van der Waals surface area (Å²) in [5, 5.41) is 0. The summed E-state index contributed by atoms with van der Waals surface area (Å²) in [7, 11) is 1.81. The van der Waals surface area contributed by atoms with Gasteiger partial charge in [0.1, 0.15) is 11.2 Å². The van der Waals surface area contributed by atoms with Crippen molar-refractivity contribution in [1.82, 2.24) is 19.5 Å². The Bertz CT molecular complexity index is 733. The predicted molar refractivity (Wildman–Crippen MR) is 66.4 cm³/mol. The minimum Gasteiger partial charge on any atom is -0.310 e. The summed E-state index contributed by atoms with van der Waals surface area (Å²) >= 11 is 0. The van der Waals surface area contributed by atoms with Gasteiger partial charge in [0.05, 0.1) is 0 Å². The first kappa shape index (κ1) is 10.8. The van der Waals surface area contributed by atoms with Crippen LogP contribution in [-0.2, 0) is 7.05 Å². The average molecular weight is 242 g/mol. The van der Waals surface area contributed by atoms with Gasteiger partial charge in [-0.25, -0.2) is 19.3 Å². The van der Waals surface area contributed by atoms with Gasteiger partial charge in [-0.3, -0.25) is 0 Å². The van der Waals surface area contributed by atoms with Crippen molar-refractivity contribution in [2.45, 2.75) is 6.92 Å². The van der Waals surface area contributed by atoms with E-state index in [9.17, 15) is 4.39 Å². The molecule has 0 N–H and O–H groups in total. The van der Waals surface area contributed by atoms with Gasteiger partial charge < -0.3 is 4.57 Å². The molecule has 4 nitrogen and oxygen atoms in total. The molecule has 0 bridgehead atoms. The Balaban J connectivity index is 2.31. The standard InChI is InChI=1S/C13H11FN4/c1-8-6-10-12(16-7-8)18(2)13(17-10)11-9(14)4-3-5-15-11/h3-7H,1-2H3. The highest BCUT2D eigenvalue weighted by molar-refractivity contribution is 5.76. The molecular weight excluding hydrogens is 231 g/mol. The van der Waals surface area contributed by atoms with E-state index in [0.29, 0.717) is 5.82 Å². The second-order valence-corrected chi connectivity index (χ2v) is 4.18. The number of fused-ring (bicyclic) bond motifs is 1. The van der Waals surface area contributed by atoms with Gasteiger partial charge in [0.15, 0.2) is 17.3 Å². The van der Waals surface area contributed by atoms with Crippen molar-refractivity contribution < 1.29 is 4.39 Å². The largest absolute Gasteiger partial charge is 0.310 e. The Labute approximate surface area is 103 Å². The number of nitrogens with zero attached hydrogens (tertiary/aromatic N) is 4. The van der Waals surface area contributed by atoms with Gasteiger partial charge in [0.2, 0.25) is 0 Å². The summed E-state index contributed by atoms with van der Waals surface area (Å²) in [6.07, 6.45) is 3.32. The van der Waals surface area contributed by atoms with Gasteiger partial charge in [0.25, 0.3) is 0 Å². The Kier molecular flexibility index (Phi) is 2.33. The van der Waals surface area contributed by atoms with Crippen molar-refractivity contribution in [3.8, 4) is 11.5 Å². The zero-order valence-corrected chi connectivity index (χ0v) is 10.1. The summed E-state index contributed by atoms with van der Waals surface area (Å²) in [5.41, 5.74) is 2.74. The van der Waals surface area contributed by atoms with Gasteiger partial charge in [-0.05, 0) is 30.7 Å². The third-order valence-electron chi connectivity index (χ3n) is 2.82. The van der Waals surface area contributed by atoms with Crippen LogP contribution in [-0.4, -0.2) is 19.5 Å². The number of aryl methyl sites for hydroxylation is 2. The lowest BCUT2D eigenvalue weighted by molar-refractivity contribution is 0.623. The summed E-state index contributed by atoms with van der Waals surface area (Å²) < 4.78 is 15.5. The molecule has 5 heteroatoms. The molecule has 0 amide bonds. The van der Waals surface area contributed by atoms with Gasteiger partial charge in [0, 0.05) is 19.4 Å². The first-order valence-electron chi connectivity index (χ1n) is 5.57. The van der Waals surface area contributed by atoms with Crippen molar-refractivity contribution in [1.29, 1.82) is 0 Å². The van der Waals surface area contributed by atoms with E-state index in [4.69, 9.17) is 0 Å². The Hall–Kier alpha value is -2.30. The van der Waals surface area contributed by atoms with Crippen LogP contribution in [0, 0.1) is 12.7 Å². The number of hydrogen-bond acceptors (Lipinski definition) is 3. The van der Waals surface area contributed by atoms with Crippen LogP contribution in [0.5, 0.6) is 0 Å². The molecule has 0 aromatic carbocycles. The lowest BCUT2D eigenvalue weighted by Gasteiger charge is -2.01. The van der Waals surface area contributed by atoms with Crippen molar-refractivity contribution in [2.75, 3.05) is 0 Å². The fourth-order valence-electron chi connectivity index (χ4n) is 1.94. The molecule has 0 aliphatic heterocycles. The molecule has 18 heavy (non-hydrogen) atoms. The molecule has 3 heterocycles. The second-order valence-electron chi connectivity index (χ2n) is 4.18. The highest BCUT2D eigenvalue weighted by Crippen LogP contribution is 2.23. The van der Waals surface area contributed by atoms with Crippen LogP contribution in [0.1, 0.15) is 5.56 Å². The Morgan fingerprint density at radius 2 is 2.11 bits per heavy atom. The Morgan fingerprint density at radius 3 is 2.89 bits per heavy atom. The van der Waals surface area contributed by atoms with Crippen LogP contribution in [0.4, 0.5) is 4.39 Å². The number of halogens is 1. The lowest BCUT2D eigenvalue weighted by atomic mass is 10.3. The lowest BCUT2D eigenvalue weighted by Crippen LogP contribution is -1.97. The maximum Gasteiger partial charge on any atom is 0.163 e. The van der Waals surface area contributed by atoms with Crippen LogP contribution >= 0.6 is 0 Å².